The zero-order chi connectivity index (χ0) is 22.8. The average molecular weight is 472 g/mol. The molecular formula is C23H29N5O2S2. The number of anilines is 2. The van der Waals surface area contributed by atoms with Gasteiger partial charge in [-0.25, -0.2) is 4.98 Å². The van der Waals surface area contributed by atoms with Crippen LogP contribution >= 0.6 is 23.1 Å². The van der Waals surface area contributed by atoms with Gasteiger partial charge in [0.25, 0.3) is 5.56 Å². The summed E-state index contributed by atoms with van der Waals surface area (Å²) in [6, 6.07) is 5.87. The normalized spacial score (nSPS) is 14.3. The number of amides is 1. The minimum Gasteiger partial charge on any atom is -0.348 e. The quantitative estimate of drug-likeness (QED) is 0.412. The Bertz CT molecular complexity index is 1200. The Morgan fingerprint density at radius 1 is 1.19 bits per heavy atom. The molecule has 1 amide bonds. The Morgan fingerprint density at radius 2 is 1.94 bits per heavy atom. The van der Waals surface area contributed by atoms with E-state index in [1.165, 1.54) is 29.5 Å². The highest BCUT2D eigenvalue weighted by molar-refractivity contribution is 7.99. The van der Waals surface area contributed by atoms with Gasteiger partial charge in [0.05, 0.1) is 5.75 Å². The first kappa shape index (κ1) is 22.8. The third kappa shape index (κ3) is 4.83. The Labute approximate surface area is 196 Å². The van der Waals surface area contributed by atoms with Crippen molar-refractivity contribution in [1.29, 1.82) is 0 Å². The third-order valence-corrected chi connectivity index (χ3v) is 7.60. The summed E-state index contributed by atoms with van der Waals surface area (Å²) in [6.45, 7) is 9.86. The first-order valence-electron chi connectivity index (χ1n) is 11.0. The van der Waals surface area contributed by atoms with Crippen molar-refractivity contribution in [2.24, 2.45) is 0 Å². The number of thiazole rings is 1. The van der Waals surface area contributed by atoms with Crippen molar-refractivity contribution < 1.29 is 4.79 Å². The van der Waals surface area contributed by atoms with Gasteiger partial charge in [-0.15, -0.1) is 0 Å². The predicted octanol–water partition coefficient (Wildman–Crippen LogP) is 4.77. The van der Waals surface area contributed by atoms with E-state index in [-0.39, 0.29) is 23.3 Å². The summed E-state index contributed by atoms with van der Waals surface area (Å²) >= 11 is 2.71. The Balaban J connectivity index is 1.57. The fraction of sp³-hybridized carbons (Fsp3) is 0.478. The van der Waals surface area contributed by atoms with E-state index in [0.717, 1.165) is 47.9 Å². The molecule has 3 heterocycles. The molecule has 0 bridgehead atoms. The summed E-state index contributed by atoms with van der Waals surface area (Å²) in [7, 11) is 0. The van der Waals surface area contributed by atoms with E-state index in [1.807, 2.05) is 45.9 Å². The zero-order valence-corrected chi connectivity index (χ0v) is 20.6. The van der Waals surface area contributed by atoms with Crippen LogP contribution in [0.3, 0.4) is 0 Å². The molecule has 9 heteroatoms. The SMILES string of the molecule is Cc1ccc(NC(=O)CSc2nc3nc(N4CCCCC4)sc3c(=O)n2C(C)C)c(C)c1. The summed E-state index contributed by atoms with van der Waals surface area (Å²) < 4.78 is 2.26. The van der Waals surface area contributed by atoms with Crippen molar-refractivity contribution in [3.05, 3.63) is 39.7 Å². The topological polar surface area (TPSA) is 80.1 Å². The van der Waals surface area contributed by atoms with Crippen LogP contribution in [0.5, 0.6) is 0 Å². The molecule has 2 aromatic heterocycles. The number of thioether (sulfide) groups is 1. The first-order valence-corrected chi connectivity index (χ1v) is 12.8. The first-order chi connectivity index (χ1) is 15.3. The molecular weight excluding hydrogens is 442 g/mol. The molecule has 1 saturated heterocycles. The molecule has 0 spiro atoms. The lowest BCUT2D eigenvalue weighted by atomic mass is 10.1. The summed E-state index contributed by atoms with van der Waals surface area (Å²) in [5.74, 6) is 0.0417. The van der Waals surface area contributed by atoms with Crippen molar-refractivity contribution in [2.45, 2.75) is 58.2 Å². The maximum absolute atomic E-state index is 13.3. The maximum atomic E-state index is 13.3. The molecule has 7 nitrogen and oxygen atoms in total. The number of hydrogen-bond donors (Lipinski definition) is 1. The average Bonchev–Trinajstić information content (AvgIpc) is 3.19. The summed E-state index contributed by atoms with van der Waals surface area (Å²) in [5.41, 5.74) is 3.38. The lowest BCUT2D eigenvalue weighted by Gasteiger charge is -2.25. The number of carbonyl (C=O) groups is 1. The Hall–Kier alpha value is -2.39. The van der Waals surface area contributed by atoms with Gasteiger partial charge in [-0.1, -0.05) is 40.8 Å². The number of aryl methyl sites for hydroxylation is 2. The molecule has 170 valence electrons. The summed E-state index contributed by atoms with van der Waals surface area (Å²) in [6.07, 6.45) is 3.54. The molecule has 3 aromatic rings. The van der Waals surface area contributed by atoms with Crippen LogP contribution < -0.4 is 15.8 Å². The molecule has 1 aliphatic heterocycles. The third-order valence-electron chi connectivity index (χ3n) is 5.55. The van der Waals surface area contributed by atoms with E-state index in [1.54, 1.807) is 4.57 Å². The smallest absolute Gasteiger partial charge is 0.274 e. The number of nitrogens with one attached hydrogen (secondary N) is 1. The van der Waals surface area contributed by atoms with Crippen LogP contribution in [-0.4, -0.2) is 39.3 Å². The van der Waals surface area contributed by atoms with Crippen LogP contribution in [0.2, 0.25) is 0 Å². The molecule has 0 radical (unpaired) electrons. The monoisotopic (exact) mass is 471 g/mol. The van der Waals surface area contributed by atoms with Crippen LogP contribution in [0, 0.1) is 13.8 Å². The van der Waals surface area contributed by atoms with Gasteiger partial charge in [-0.3, -0.25) is 14.2 Å². The van der Waals surface area contributed by atoms with Gasteiger partial charge < -0.3 is 10.2 Å². The van der Waals surface area contributed by atoms with Gasteiger partial charge in [0, 0.05) is 24.8 Å². The fourth-order valence-electron chi connectivity index (χ4n) is 3.90. The predicted molar refractivity (Wildman–Crippen MR) is 133 cm³/mol. The highest BCUT2D eigenvalue weighted by atomic mass is 32.2. The zero-order valence-electron chi connectivity index (χ0n) is 19.0. The van der Waals surface area contributed by atoms with Gasteiger partial charge in [0.15, 0.2) is 15.9 Å². The molecule has 0 saturated carbocycles. The maximum Gasteiger partial charge on any atom is 0.274 e. The van der Waals surface area contributed by atoms with Gasteiger partial charge in [0.1, 0.15) is 4.70 Å². The van der Waals surface area contributed by atoms with Gasteiger partial charge in [0.2, 0.25) is 5.91 Å². The van der Waals surface area contributed by atoms with E-state index in [4.69, 9.17) is 4.98 Å². The van der Waals surface area contributed by atoms with Crippen molar-refractivity contribution in [2.75, 3.05) is 29.1 Å². The largest absolute Gasteiger partial charge is 0.348 e. The lowest BCUT2D eigenvalue weighted by Crippen LogP contribution is -2.29. The second kappa shape index (κ2) is 9.62. The Morgan fingerprint density at radius 3 is 2.62 bits per heavy atom. The van der Waals surface area contributed by atoms with Crippen LogP contribution in [0.25, 0.3) is 10.3 Å². The van der Waals surface area contributed by atoms with Crippen LogP contribution in [0.1, 0.15) is 50.3 Å². The van der Waals surface area contributed by atoms with Gasteiger partial charge in [-0.2, -0.15) is 4.98 Å². The fourth-order valence-corrected chi connectivity index (χ4v) is 5.82. The lowest BCUT2D eigenvalue weighted by molar-refractivity contribution is -0.113. The van der Waals surface area contributed by atoms with Crippen molar-refractivity contribution in [1.82, 2.24) is 14.5 Å². The molecule has 0 unspecified atom stereocenters. The minimum atomic E-state index is -0.126. The number of nitrogens with zero attached hydrogens (tertiary/aromatic N) is 4. The van der Waals surface area contributed by atoms with Crippen molar-refractivity contribution in [3.8, 4) is 0 Å². The molecule has 32 heavy (non-hydrogen) atoms. The standard InChI is InChI=1S/C23H29N5O2S2/c1-14(2)28-21(30)19-20(25-22(32-19)27-10-6-5-7-11-27)26-23(28)31-13-18(29)24-17-9-8-15(3)12-16(17)4/h8-9,12,14H,5-7,10-11,13H2,1-4H3,(H,24,29). The minimum absolute atomic E-state index is 0.0650. The van der Waals surface area contributed by atoms with Gasteiger partial charge >= 0.3 is 0 Å². The van der Waals surface area contributed by atoms with E-state index in [0.29, 0.717) is 15.5 Å². The highest BCUT2D eigenvalue weighted by Gasteiger charge is 2.21. The number of carbonyl (C=O) groups excluding carboxylic acids is 1. The van der Waals surface area contributed by atoms with E-state index < -0.39 is 0 Å². The van der Waals surface area contributed by atoms with Crippen molar-refractivity contribution >= 4 is 50.2 Å². The number of rotatable bonds is 6. The van der Waals surface area contributed by atoms with E-state index in [2.05, 4.69) is 15.2 Å². The van der Waals surface area contributed by atoms with Crippen molar-refractivity contribution in [3.63, 3.8) is 0 Å². The number of aromatic nitrogens is 3. The number of benzene rings is 1. The summed E-state index contributed by atoms with van der Waals surface area (Å²) in [5, 5.41) is 4.36. The Kier molecular flexibility index (Phi) is 6.85. The van der Waals surface area contributed by atoms with Gasteiger partial charge in [-0.05, 0) is 58.6 Å². The van der Waals surface area contributed by atoms with Crippen LogP contribution in [0.4, 0.5) is 10.8 Å². The molecule has 1 aromatic carbocycles. The summed E-state index contributed by atoms with van der Waals surface area (Å²) in [4.78, 5) is 37.5. The highest BCUT2D eigenvalue weighted by Crippen LogP contribution is 2.30. The molecule has 1 N–H and O–H groups in total. The number of piperidine rings is 1. The second-order valence-corrected chi connectivity index (χ2v) is 10.4. The van der Waals surface area contributed by atoms with E-state index >= 15 is 0 Å². The number of hydrogen-bond acceptors (Lipinski definition) is 7. The molecule has 0 atom stereocenters. The van der Waals surface area contributed by atoms with Crippen LogP contribution in [-0.2, 0) is 4.79 Å². The van der Waals surface area contributed by atoms with E-state index in [9.17, 15) is 9.59 Å². The number of fused-ring (bicyclic) bond motifs is 1. The molecule has 4 rings (SSSR count). The van der Waals surface area contributed by atoms with Crippen LogP contribution in [0.15, 0.2) is 28.2 Å². The molecule has 1 fully saturated rings. The second-order valence-electron chi connectivity index (χ2n) is 8.52. The molecule has 1 aliphatic rings. The molecule has 0 aliphatic carbocycles.